The Bertz CT molecular complexity index is 1130. The van der Waals surface area contributed by atoms with Crippen LogP contribution in [-0.2, 0) is 30.5 Å². The Balaban J connectivity index is 2.07. The lowest BCUT2D eigenvalue weighted by Gasteiger charge is -2.16. The highest BCUT2D eigenvalue weighted by molar-refractivity contribution is 7.89. The molecule has 1 fully saturated rings. The van der Waals surface area contributed by atoms with E-state index in [1.807, 2.05) is 0 Å². The van der Waals surface area contributed by atoms with Crippen molar-refractivity contribution < 1.29 is 35.9 Å². The third-order valence-corrected chi connectivity index (χ3v) is 6.14. The number of sulfonamides is 1. The van der Waals surface area contributed by atoms with Crippen LogP contribution in [0, 0.1) is 0 Å². The van der Waals surface area contributed by atoms with Crippen LogP contribution in [0.3, 0.4) is 0 Å². The number of halogens is 3. The first kappa shape index (κ1) is 23.9. The monoisotopic (exact) mass is 470 g/mol. The largest absolute Gasteiger partial charge is 0.463 e. The number of ether oxygens (including phenoxy) is 2. The van der Waals surface area contributed by atoms with Gasteiger partial charge in [-0.25, -0.2) is 17.9 Å². The molecule has 32 heavy (non-hydrogen) atoms. The van der Waals surface area contributed by atoms with E-state index < -0.39 is 38.7 Å². The first-order valence-corrected chi connectivity index (χ1v) is 11.2. The molecule has 0 spiro atoms. The Hall–Kier alpha value is -2.76. The normalized spacial score (nSPS) is 17.3. The number of carbonyl (C=O) groups is 1. The number of hydrogen-bond donors (Lipinski definition) is 1. The molecule has 1 N–H and O–H groups in total. The van der Waals surface area contributed by atoms with Crippen molar-refractivity contribution in [3.8, 4) is 11.3 Å². The summed E-state index contributed by atoms with van der Waals surface area (Å²) in [6.07, 6.45) is -1.28. The molecule has 0 bridgehead atoms. The molecule has 3 rings (SSSR count). The van der Waals surface area contributed by atoms with E-state index in [1.165, 1.54) is 18.3 Å². The van der Waals surface area contributed by atoms with E-state index in [0.717, 1.165) is 18.2 Å². The summed E-state index contributed by atoms with van der Waals surface area (Å²) in [6, 6.07) is 4.98. The van der Waals surface area contributed by atoms with Gasteiger partial charge < -0.3 is 9.47 Å². The number of aromatic nitrogens is 1. The lowest BCUT2D eigenvalue weighted by atomic mass is 10.0. The molecule has 0 saturated carbocycles. The van der Waals surface area contributed by atoms with Crippen molar-refractivity contribution in [3.63, 3.8) is 0 Å². The van der Waals surface area contributed by atoms with Gasteiger partial charge in [-0.3, -0.25) is 4.98 Å². The molecule has 172 valence electrons. The summed E-state index contributed by atoms with van der Waals surface area (Å²) < 4.78 is 78.4. The number of nitrogens with zero attached hydrogens (tertiary/aromatic N) is 1. The summed E-state index contributed by atoms with van der Waals surface area (Å²) in [5, 5.41) is 0. The van der Waals surface area contributed by atoms with Crippen molar-refractivity contribution in [2.75, 3.05) is 13.2 Å². The van der Waals surface area contributed by atoms with E-state index in [-0.39, 0.29) is 24.0 Å². The van der Waals surface area contributed by atoms with E-state index in [4.69, 9.17) is 9.47 Å². The maximum Gasteiger partial charge on any atom is 0.416 e. The molecule has 1 aliphatic rings. The molecule has 0 unspecified atom stereocenters. The van der Waals surface area contributed by atoms with Gasteiger partial charge in [0.15, 0.2) is 0 Å². The van der Waals surface area contributed by atoms with E-state index in [2.05, 4.69) is 9.71 Å². The highest BCUT2D eigenvalue weighted by atomic mass is 32.2. The number of pyridine rings is 1. The lowest BCUT2D eigenvalue weighted by molar-refractivity contribution is -0.138. The summed E-state index contributed by atoms with van der Waals surface area (Å²) in [7, 11) is -4.27. The van der Waals surface area contributed by atoms with Crippen molar-refractivity contribution in [1.29, 1.82) is 0 Å². The fourth-order valence-electron chi connectivity index (χ4n) is 2.93. The van der Waals surface area contributed by atoms with Gasteiger partial charge >= 0.3 is 12.1 Å². The summed E-state index contributed by atoms with van der Waals surface area (Å²) in [5.41, 5.74) is -0.818. The van der Waals surface area contributed by atoms with Crippen LogP contribution in [0.5, 0.6) is 0 Å². The molecule has 1 aromatic carbocycles. The Morgan fingerprint density at radius 3 is 2.72 bits per heavy atom. The van der Waals surface area contributed by atoms with Gasteiger partial charge in [0.2, 0.25) is 10.0 Å². The molecule has 1 aromatic heterocycles. The van der Waals surface area contributed by atoms with Gasteiger partial charge in [0.1, 0.15) is 0 Å². The van der Waals surface area contributed by atoms with E-state index in [9.17, 15) is 26.4 Å². The van der Waals surface area contributed by atoms with Crippen LogP contribution in [0.4, 0.5) is 13.2 Å². The average molecular weight is 470 g/mol. The van der Waals surface area contributed by atoms with Crippen LogP contribution in [0.1, 0.15) is 25.0 Å². The van der Waals surface area contributed by atoms with Gasteiger partial charge in [-0.15, -0.1) is 0 Å². The predicted octanol–water partition coefficient (Wildman–Crippen LogP) is 3.41. The van der Waals surface area contributed by atoms with Gasteiger partial charge in [-0.1, -0.05) is 6.07 Å². The third kappa shape index (κ3) is 5.93. The minimum atomic E-state index is -4.79. The Kier molecular flexibility index (Phi) is 7.01. The number of epoxide rings is 1. The topological polar surface area (TPSA) is 97.9 Å². The maximum absolute atomic E-state index is 13.6. The van der Waals surface area contributed by atoms with Gasteiger partial charge in [-0.05, 0) is 44.2 Å². The number of hydrogen-bond acceptors (Lipinski definition) is 6. The van der Waals surface area contributed by atoms with Crippen molar-refractivity contribution >= 4 is 22.1 Å². The standard InChI is InChI=1S/C21H21F3N2O5S/c1-3-30-19(27)7-6-14-5-4-8-25-20(14)15-9-16(21(22,23)24)11-17(10-15)32(28,29)26-13(2)18-12-31-18/h4-11,13,18,26H,3,12H2,1-2H3/b7-6+/t13-,18+/m0/s1. The average Bonchev–Trinajstić information content (AvgIpc) is 3.57. The number of alkyl halides is 3. The molecule has 0 amide bonds. The van der Waals surface area contributed by atoms with Crippen molar-refractivity contribution in [3.05, 3.63) is 53.7 Å². The SMILES string of the molecule is CCOC(=O)/C=C/c1cccnc1-c1cc(C(F)(F)F)cc(S(=O)(=O)N[C@@H](C)[C@H]2CO2)c1. The van der Waals surface area contributed by atoms with E-state index in [0.29, 0.717) is 18.2 Å². The zero-order valence-corrected chi connectivity index (χ0v) is 18.0. The van der Waals surface area contributed by atoms with Crippen LogP contribution in [0.15, 0.2) is 47.5 Å². The molecule has 11 heteroatoms. The Labute approximate surface area is 183 Å². The third-order valence-electron chi connectivity index (χ3n) is 4.60. The Morgan fingerprint density at radius 1 is 1.38 bits per heavy atom. The summed E-state index contributed by atoms with van der Waals surface area (Å²) in [5.74, 6) is -0.630. The second-order valence-corrected chi connectivity index (χ2v) is 8.77. The van der Waals surface area contributed by atoms with E-state index >= 15 is 0 Å². The van der Waals surface area contributed by atoms with Gasteiger partial charge in [0.25, 0.3) is 0 Å². The lowest BCUT2D eigenvalue weighted by Crippen LogP contribution is -2.36. The van der Waals surface area contributed by atoms with Crippen molar-refractivity contribution in [1.82, 2.24) is 9.71 Å². The fraction of sp³-hybridized carbons (Fsp3) is 0.333. The van der Waals surface area contributed by atoms with Crippen LogP contribution in [-0.4, -0.2) is 44.7 Å². The zero-order chi connectivity index (χ0) is 23.5. The van der Waals surface area contributed by atoms with Gasteiger partial charge in [0.05, 0.1) is 35.5 Å². The number of carbonyl (C=O) groups excluding carboxylic acids is 1. The number of rotatable bonds is 8. The minimum absolute atomic E-state index is 0.0698. The zero-order valence-electron chi connectivity index (χ0n) is 17.2. The molecular weight excluding hydrogens is 449 g/mol. The molecule has 0 radical (unpaired) electrons. The van der Waals surface area contributed by atoms with Crippen LogP contribution >= 0.6 is 0 Å². The second kappa shape index (κ2) is 9.39. The summed E-state index contributed by atoms with van der Waals surface area (Å²) >= 11 is 0. The van der Waals surface area contributed by atoms with Crippen LogP contribution in [0.25, 0.3) is 17.3 Å². The predicted molar refractivity (Wildman–Crippen MR) is 110 cm³/mol. The number of esters is 1. The van der Waals surface area contributed by atoms with Crippen LogP contribution < -0.4 is 4.72 Å². The second-order valence-electron chi connectivity index (χ2n) is 7.05. The highest BCUT2D eigenvalue weighted by Crippen LogP contribution is 2.35. The maximum atomic E-state index is 13.6. The molecule has 0 aliphatic carbocycles. The molecule has 1 saturated heterocycles. The van der Waals surface area contributed by atoms with Gasteiger partial charge in [-0.2, -0.15) is 13.2 Å². The smallest absolute Gasteiger partial charge is 0.416 e. The van der Waals surface area contributed by atoms with Crippen LogP contribution in [0.2, 0.25) is 0 Å². The fourth-order valence-corrected chi connectivity index (χ4v) is 4.27. The van der Waals surface area contributed by atoms with E-state index in [1.54, 1.807) is 19.9 Å². The molecule has 7 nitrogen and oxygen atoms in total. The van der Waals surface area contributed by atoms with Crippen molar-refractivity contribution in [2.24, 2.45) is 0 Å². The molecule has 2 atom stereocenters. The summed E-state index contributed by atoms with van der Waals surface area (Å²) in [6.45, 7) is 3.74. The quantitative estimate of drug-likeness (QED) is 0.361. The number of benzene rings is 1. The molecule has 2 heterocycles. The molecule has 1 aliphatic heterocycles. The summed E-state index contributed by atoms with van der Waals surface area (Å²) in [4.78, 5) is 15.2. The molecular formula is C21H21F3N2O5S. The Morgan fingerprint density at radius 2 is 2.09 bits per heavy atom. The van der Waals surface area contributed by atoms with Gasteiger partial charge in [0, 0.05) is 29.4 Å². The first-order chi connectivity index (χ1) is 15.0. The molecule has 2 aromatic rings. The highest BCUT2D eigenvalue weighted by Gasteiger charge is 2.35. The minimum Gasteiger partial charge on any atom is -0.463 e. The number of nitrogens with one attached hydrogen (secondary N) is 1. The first-order valence-electron chi connectivity index (χ1n) is 9.67. The van der Waals surface area contributed by atoms with Crippen molar-refractivity contribution in [2.45, 2.75) is 37.1 Å².